The van der Waals surface area contributed by atoms with Crippen molar-refractivity contribution in [2.45, 2.75) is 0 Å². The number of hydrogen-bond acceptors (Lipinski definition) is 1. The summed E-state index contributed by atoms with van der Waals surface area (Å²) in [4.78, 5) is 2.43. The highest BCUT2D eigenvalue weighted by atomic mass is 15.1. The van der Waals surface area contributed by atoms with Gasteiger partial charge in [-0.3, -0.25) is 0 Å². The van der Waals surface area contributed by atoms with Gasteiger partial charge in [-0.2, -0.15) is 0 Å². The Morgan fingerprint density at radius 3 is 1.49 bits per heavy atom. The Kier molecular flexibility index (Phi) is 9.97. The molecule has 63 heavy (non-hydrogen) atoms. The molecule has 11 rings (SSSR count). The third-order valence-electron chi connectivity index (χ3n) is 12.3. The summed E-state index contributed by atoms with van der Waals surface area (Å²) in [6.45, 7) is 0. The van der Waals surface area contributed by atoms with E-state index < -0.39 is 0 Å². The van der Waals surface area contributed by atoms with Gasteiger partial charge in [-0.1, -0.05) is 218 Å². The number of anilines is 3. The Hall–Kier alpha value is -8.26. The zero-order valence-electron chi connectivity index (χ0n) is 34.8. The number of benzene rings is 11. The summed E-state index contributed by atoms with van der Waals surface area (Å²) in [7, 11) is 0. The van der Waals surface area contributed by atoms with Crippen molar-refractivity contribution in [2.75, 3.05) is 4.90 Å². The fourth-order valence-corrected chi connectivity index (χ4v) is 9.18. The van der Waals surface area contributed by atoms with Crippen LogP contribution in [0.5, 0.6) is 0 Å². The van der Waals surface area contributed by atoms with Crippen LogP contribution in [0.25, 0.3) is 88.3 Å². The lowest BCUT2D eigenvalue weighted by Crippen LogP contribution is -2.11. The molecule has 0 radical (unpaired) electrons. The molecule has 0 heterocycles. The van der Waals surface area contributed by atoms with Crippen molar-refractivity contribution in [3.05, 3.63) is 261 Å². The molecule has 11 aromatic rings. The van der Waals surface area contributed by atoms with Crippen molar-refractivity contribution in [3.8, 4) is 66.8 Å². The lowest BCUT2D eigenvalue weighted by Gasteiger charge is -2.29. The first-order chi connectivity index (χ1) is 31.2. The van der Waals surface area contributed by atoms with E-state index >= 15 is 0 Å². The molecule has 0 aliphatic carbocycles. The summed E-state index contributed by atoms with van der Waals surface area (Å²) in [5, 5.41) is 4.96. The number of hydrogen-bond donors (Lipinski definition) is 0. The summed E-state index contributed by atoms with van der Waals surface area (Å²) in [5.41, 5.74) is 17.5. The predicted molar refractivity (Wildman–Crippen MR) is 269 cm³/mol. The average Bonchev–Trinajstić information content (AvgIpc) is 3.37. The van der Waals surface area contributed by atoms with E-state index in [4.69, 9.17) is 0 Å². The van der Waals surface area contributed by atoms with Gasteiger partial charge in [0, 0.05) is 16.9 Å². The maximum Gasteiger partial charge on any atom is 0.0540 e. The number of para-hydroxylation sites is 1. The molecular formula is C62H43N. The van der Waals surface area contributed by atoms with Gasteiger partial charge in [-0.05, 0) is 125 Å². The van der Waals surface area contributed by atoms with Crippen LogP contribution in [-0.2, 0) is 0 Å². The Labute approximate surface area is 369 Å². The van der Waals surface area contributed by atoms with Crippen molar-refractivity contribution in [3.63, 3.8) is 0 Å². The number of fused-ring (bicyclic) bond motifs is 2. The molecule has 0 aliphatic heterocycles. The van der Waals surface area contributed by atoms with E-state index in [2.05, 4.69) is 266 Å². The highest BCUT2D eigenvalue weighted by Gasteiger charge is 2.21. The number of rotatable bonds is 9. The Morgan fingerprint density at radius 2 is 0.698 bits per heavy atom. The normalized spacial score (nSPS) is 11.2. The molecule has 0 bridgehead atoms. The van der Waals surface area contributed by atoms with Crippen LogP contribution in [0.15, 0.2) is 261 Å². The van der Waals surface area contributed by atoms with E-state index in [0.717, 1.165) is 22.6 Å². The van der Waals surface area contributed by atoms with Crippen LogP contribution >= 0.6 is 0 Å². The van der Waals surface area contributed by atoms with Crippen LogP contribution < -0.4 is 4.90 Å². The van der Waals surface area contributed by atoms with Gasteiger partial charge in [0.05, 0.1) is 5.69 Å². The van der Waals surface area contributed by atoms with Crippen LogP contribution in [0.2, 0.25) is 0 Å². The summed E-state index contributed by atoms with van der Waals surface area (Å²) in [6, 6.07) is 94.8. The van der Waals surface area contributed by atoms with Gasteiger partial charge < -0.3 is 4.90 Å². The highest BCUT2D eigenvalue weighted by molar-refractivity contribution is 6.00. The molecule has 0 unspecified atom stereocenters. The third kappa shape index (κ3) is 7.37. The fourth-order valence-electron chi connectivity index (χ4n) is 9.18. The summed E-state index contributed by atoms with van der Waals surface area (Å²) in [5.74, 6) is 0. The predicted octanol–water partition coefficient (Wildman–Crippen LogP) is 17.5. The molecule has 0 spiro atoms. The Bertz CT molecular complexity index is 3380. The largest absolute Gasteiger partial charge is 0.310 e. The van der Waals surface area contributed by atoms with Gasteiger partial charge in [-0.25, -0.2) is 0 Å². The van der Waals surface area contributed by atoms with E-state index in [1.807, 2.05) is 0 Å². The van der Waals surface area contributed by atoms with Crippen molar-refractivity contribution in [1.29, 1.82) is 0 Å². The molecule has 0 saturated heterocycles. The van der Waals surface area contributed by atoms with Gasteiger partial charge in [0.2, 0.25) is 0 Å². The topological polar surface area (TPSA) is 3.24 Å². The van der Waals surface area contributed by atoms with Crippen molar-refractivity contribution in [2.24, 2.45) is 0 Å². The van der Waals surface area contributed by atoms with Crippen LogP contribution in [0.3, 0.4) is 0 Å². The maximum absolute atomic E-state index is 2.43. The lowest BCUT2D eigenvalue weighted by atomic mass is 9.87. The van der Waals surface area contributed by atoms with Gasteiger partial charge in [0.25, 0.3) is 0 Å². The minimum atomic E-state index is 1.08. The molecule has 11 aromatic carbocycles. The van der Waals surface area contributed by atoms with Crippen LogP contribution in [0.4, 0.5) is 17.1 Å². The molecule has 0 N–H and O–H groups in total. The minimum Gasteiger partial charge on any atom is -0.310 e. The van der Waals surface area contributed by atoms with Crippen LogP contribution in [0.1, 0.15) is 0 Å². The second-order valence-corrected chi connectivity index (χ2v) is 16.1. The quantitative estimate of drug-likeness (QED) is 0.141. The summed E-state index contributed by atoms with van der Waals surface area (Å²) < 4.78 is 0. The molecule has 296 valence electrons. The van der Waals surface area contributed by atoms with Crippen molar-refractivity contribution in [1.82, 2.24) is 0 Å². The molecule has 1 heteroatoms. The maximum atomic E-state index is 2.43. The van der Waals surface area contributed by atoms with Crippen molar-refractivity contribution >= 4 is 38.6 Å². The van der Waals surface area contributed by atoms with Gasteiger partial charge in [0.15, 0.2) is 0 Å². The molecule has 0 saturated carbocycles. The van der Waals surface area contributed by atoms with Crippen LogP contribution in [0, 0.1) is 0 Å². The average molecular weight is 802 g/mol. The first-order valence-electron chi connectivity index (χ1n) is 21.7. The molecule has 1 nitrogen and oxygen atoms in total. The zero-order valence-corrected chi connectivity index (χ0v) is 34.8. The summed E-state index contributed by atoms with van der Waals surface area (Å²) >= 11 is 0. The first-order valence-corrected chi connectivity index (χ1v) is 21.7. The first kappa shape index (κ1) is 37.7. The van der Waals surface area contributed by atoms with Crippen molar-refractivity contribution < 1.29 is 0 Å². The SMILES string of the molecule is c1ccc(-c2ccc(-c3ccccc3-c3ccccc3N(c3ccc(-c4cccc5ccccc45)cc3)c3cccc(-c4ccc5ccccc5c4)c3)c(-c3ccccc3)c2)cc1. The minimum absolute atomic E-state index is 1.08. The van der Waals surface area contributed by atoms with Crippen LogP contribution in [-0.4, -0.2) is 0 Å². The van der Waals surface area contributed by atoms with E-state index in [9.17, 15) is 0 Å². The molecular weight excluding hydrogens is 759 g/mol. The summed E-state index contributed by atoms with van der Waals surface area (Å²) in [6.07, 6.45) is 0. The Morgan fingerprint density at radius 1 is 0.206 bits per heavy atom. The van der Waals surface area contributed by atoms with E-state index in [1.54, 1.807) is 0 Å². The smallest absolute Gasteiger partial charge is 0.0540 e. The van der Waals surface area contributed by atoms with E-state index in [1.165, 1.54) is 82.7 Å². The van der Waals surface area contributed by atoms with Gasteiger partial charge >= 0.3 is 0 Å². The molecule has 0 amide bonds. The number of nitrogens with zero attached hydrogens (tertiary/aromatic N) is 1. The molecule has 0 fully saturated rings. The molecule has 0 atom stereocenters. The molecule has 0 aromatic heterocycles. The van der Waals surface area contributed by atoms with Gasteiger partial charge in [-0.15, -0.1) is 0 Å². The van der Waals surface area contributed by atoms with E-state index in [0.29, 0.717) is 0 Å². The Balaban J connectivity index is 1.09. The zero-order chi connectivity index (χ0) is 42.0. The second kappa shape index (κ2) is 16.7. The fraction of sp³-hybridized carbons (Fsp3) is 0. The standard InChI is InChI=1S/C62H43N/c1-3-17-44(18-4-1)52-37-40-59(61(43-52)47-20-5-2-6-21-47)57-28-11-12-29-58(57)60-30-13-14-32-62(60)63(53-38-35-48(36-39-53)56-31-16-24-46-22-9-10-27-55(46)56)54-26-15-25-50(42-54)51-34-33-45-19-7-8-23-49(45)41-51/h1-43H. The van der Waals surface area contributed by atoms with E-state index in [-0.39, 0.29) is 0 Å². The monoisotopic (exact) mass is 801 g/mol. The highest BCUT2D eigenvalue weighted by Crippen LogP contribution is 2.47. The van der Waals surface area contributed by atoms with Gasteiger partial charge in [0.1, 0.15) is 0 Å². The molecule has 0 aliphatic rings. The third-order valence-corrected chi connectivity index (χ3v) is 12.3. The lowest BCUT2D eigenvalue weighted by molar-refractivity contribution is 1.28. The second-order valence-electron chi connectivity index (χ2n) is 16.1.